The zero-order chi connectivity index (χ0) is 12.0. The van der Waals surface area contributed by atoms with Gasteiger partial charge in [0.15, 0.2) is 0 Å². The van der Waals surface area contributed by atoms with Crippen molar-refractivity contribution in [3.8, 4) is 0 Å². The van der Waals surface area contributed by atoms with Crippen molar-refractivity contribution in [2.45, 2.75) is 18.9 Å². The van der Waals surface area contributed by atoms with Crippen LogP contribution in [0.25, 0.3) is 0 Å². The Labute approximate surface area is 100 Å². The Morgan fingerprint density at radius 1 is 1.38 bits per heavy atom. The highest BCUT2D eigenvalue weighted by molar-refractivity contribution is 7.99. The predicted molar refractivity (Wildman–Crippen MR) is 67.8 cm³/mol. The predicted octanol–water partition coefficient (Wildman–Crippen LogP) is 1.94. The monoisotopic (exact) mass is 239 g/mol. The molecular formula is C12H17NO2S. The molecule has 1 unspecified atom stereocenters. The van der Waals surface area contributed by atoms with E-state index in [-0.39, 0.29) is 0 Å². The lowest BCUT2D eigenvalue weighted by Gasteiger charge is -2.12. The summed E-state index contributed by atoms with van der Waals surface area (Å²) in [6.07, 6.45) is 0. The van der Waals surface area contributed by atoms with Gasteiger partial charge in [-0.05, 0) is 17.2 Å². The normalized spacial score (nSPS) is 14.4. The summed E-state index contributed by atoms with van der Waals surface area (Å²) in [5.74, 6) is 0.851. The van der Waals surface area contributed by atoms with Crippen molar-refractivity contribution in [1.29, 1.82) is 0 Å². The van der Waals surface area contributed by atoms with E-state index in [9.17, 15) is 4.79 Å². The molecule has 0 heterocycles. The number of carboxylic acids is 1. The molecule has 3 N–H and O–H groups in total. The first-order chi connectivity index (χ1) is 7.61. The Balaban J connectivity index is 2.31. The van der Waals surface area contributed by atoms with E-state index >= 15 is 0 Å². The Morgan fingerprint density at radius 2 is 2.00 bits per heavy atom. The number of aliphatic carboxylic acids is 1. The highest BCUT2D eigenvalue weighted by Crippen LogP contribution is 2.20. The third kappa shape index (κ3) is 4.24. The zero-order valence-electron chi connectivity index (χ0n) is 9.30. The van der Waals surface area contributed by atoms with Gasteiger partial charge in [-0.25, -0.2) is 0 Å². The standard InChI is InChI=1S/C12H17NO2S/c1-9(10-5-3-2-4-6-10)7-16-8-11(13)12(14)15/h2-6,9,11H,7-8,13H2,1H3,(H,14,15)/t9?,11-/m0/s1. The van der Waals surface area contributed by atoms with Crippen LogP contribution in [0.5, 0.6) is 0 Å². The molecule has 0 fully saturated rings. The largest absolute Gasteiger partial charge is 0.480 e. The molecule has 0 radical (unpaired) electrons. The van der Waals surface area contributed by atoms with Crippen LogP contribution < -0.4 is 5.73 Å². The fraction of sp³-hybridized carbons (Fsp3) is 0.417. The molecule has 0 aromatic heterocycles. The van der Waals surface area contributed by atoms with Crippen LogP contribution in [-0.2, 0) is 4.79 Å². The van der Waals surface area contributed by atoms with E-state index in [4.69, 9.17) is 10.8 Å². The molecule has 2 atom stereocenters. The number of hydrogen-bond donors (Lipinski definition) is 2. The van der Waals surface area contributed by atoms with Crippen LogP contribution in [0.2, 0.25) is 0 Å². The summed E-state index contributed by atoms with van der Waals surface area (Å²) in [6.45, 7) is 2.13. The van der Waals surface area contributed by atoms with Crippen LogP contribution in [0.1, 0.15) is 18.4 Å². The minimum Gasteiger partial charge on any atom is -0.480 e. The highest BCUT2D eigenvalue weighted by atomic mass is 32.2. The summed E-state index contributed by atoms with van der Waals surface area (Å²) >= 11 is 1.59. The molecule has 0 spiro atoms. The molecular weight excluding hydrogens is 222 g/mol. The van der Waals surface area contributed by atoms with Crippen LogP contribution in [0.4, 0.5) is 0 Å². The summed E-state index contributed by atoms with van der Waals surface area (Å²) in [5.41, 5.74) is 6.70. The van der Waals surface area contributed by atoms with Crippen molar-refractivity contribution in [2.24, 2.45) is 5.73 Å². The molecule has 1 aromatic rings. The van der Waals surface area contributed by atoms with Gasteiger partial charge < -0.3 is 10.8 Å². The third-order valence-corrected chi connectivity index (χ3v) is 3.68. The number of rotatable bonds is 6. The smallest absolute Gasteiger partial charge is 0.321 e. The van der Waals surface area contributed by atoms with Crippen LogP contribution in [-0.4, -0.2) is 28.6 Å². The van der Waals surface area contributed by atoms with Gasteiger partial charge in [0.1, 0.15) is 6.04 Å². The molecule has 1 aromatic carbocycles. The number of nitrogens with two attached hydrogens (primary N) is 1. The second kappa shape index (κ2) is 6.55. The van der Waals surface area contributed by atoms with Gasteiger partial charge in [-0.15, -0.1) is 0 Å². The Hall–Kier alpha value is -1.00. The van der Waals surface area contributed by atoms with Gasteiger partial charge in [0, 0.05) is 5.75 Å². The molecule has 88 valence electrons. The first-order valence-electron chi connectivity index (χ1n) is 5.22. The Bertz CT molecular complexity index is 329. The van der Waals surface area contributed by atoms with E-state index in [1.807, 2.05) is 18.2 Å². The van der Waals surface area contributed by atoms with Gasteiger partial charge in [-0.1, -0.05) is 37.3 Å². The van der Waals surface area contributed by atoms with Crippen molar-refractivity contribution >= 4 is 17.7 Å². The van der Waals surface area contributed by atoms with Crippen molar-refractivity contribution in [3.05, 3.63) is 35.9 Å². The fourth-order valence-corrected chi connectivity index (χ4v) is 2.40. The van der Waals surface area contributed by atoms with Gasteiger partial charge in [-0.2, -0.15) is 11.8 Å². The maximum Gasteiger partial charge on any atom is 0.321 e. The molecule has 0 amide bonds. The van der Waals surface area contributed by atoms with Gasteiger partial charge in [0.05, 0.1) is 0 Å². The molecule has 16 heavy (non-hydrogen) atoms. The molecule has 0 aliphatic heterocycles. The number of benzene rings is 1. The second-order valence-corrected chi connectivity index (χ2v) is 4.87. The maximum absolute atomic E-state index is 10.5. The topological polar surface area (TPSA) is 63.3 Å². The van der Waals surface area contributed by atoms with Crippen LogP contribution in [0.15, 0.2) is 30.3 Å². The average Bonchev–Trinajstić information content (AvgIpc) is 2.29. The lowest BCUT2D eigenvalue weighted by molar-refractivity contribution is -0.137. The first kappa shape index (κ1) is 13.1. The van der Waals surface area contributed by atoms with Gasteiger partial charge in [0.2, 0.25) is 0 Å². The SMILES string of the molecule is CC(CSC[C@H](N)C(=O)O)c1ccccc1. The second-order valence-electron chi connectivity index (χ2n) is 3.79. The molecule has 0 bridgehead atoms. The van der Waals surface area contributed by atoms with E-state index in [1.165, 1.54) is 5.56 Å². The lowest BCUT2D eigenvalue weighted by Crippen LogP contribution is -2.32. The number of carboxylic acid groups (broad SMARTS) is 1. The van der Waals surface area contributed by atoms with E-state index < -0.39 is 12.0 Å². The molecule has 4 heteroatoms. The minimum absolute atomic E-state index is 0.423. The fourth-order valence-electron chi connectivity index (χ4n) is 1.32. The van der Waals surface area contributed by atoms with Crippen LogP contribution in [0, 0.1) is 0 Å². The van der Waals surface area contributed by atoms with Crippen molar-refractivity contribution in [3.63, 3.8) is 0 Å². The number of hydrogen-bond acceptors (Lipinski definition) is 3. The molecule has 3 nitrogen and oxygen atoms in total. The quantitative estimate of drug-likeness (QED) is 0.796. The van der Waals surface area contributed by atoms with Gasteiger partial charge in [0.25, 0.3) is 0 Å². The number of carbonyl (C=O) groups is 1. The van der Waals surface area contributed by atoms with Gasteiger partial charge >= 0.3 is 5.97 Å². The number of thioether (sulfide) groups is 1. The molecule has 0 saturated heterocycles. The molecule has 0 aliphatic carbocycles. The molecule has 1 rings (SSSR count). The molecule has 0 saturated carbocycles. The Kier molecular flexibility index (Phi) is 5.35. The average molecular weight is 239 g/mol. The van der Waals surface area contributed by atoms with Crippen molar-refractivity contribution in [2.75, 3.05) is 11.5 Å². The van der Waals surface area contributed by atoms with E-state index in [0.29, 0.717) is 11.7 Å². The van der Waals surface area contributed by atoms with Crippen molar-refractivity contribution < 1.29 is 9.90 Å². The summed E-state index contributed by atoms with van der Waals surface area (Å²) in [7, 11) is 0. The Morgan fingerprint density at radius 3 is 2.56 bits per heavy atom. The summed E-state index contributed by atoms with van der Waals surface area (Å²) in [4.78, 5) is 10.5. The summed E-state index contributed by atoms with van der Waals surface area (Å²) < 4.78 is 0. The van der Waals surface area contributed by atoms with E-state index in [2.05, 4.69) is 19.1 Å². The maximum atomic E-state index is 10.5. The zero-order valence-corrected chi connectivity index (χ0v) is 10.1. The van der Waals surface area contributed by atoms with Gasteiger partial charge in [-0.3, -0.25) is 4.79 Å². The van der Waals surface area contributed by atoms with Crippen molar-refractivity contribution in [1.82, 2.24) is 0 Å². The van der Waals surface area contributed by atoms with Crippen LogP contribution in [0.3, 0.4) is 0 Å². The van der Waals surface area contributed by atoms with E-state index in [0.717, 1.165) is 5.75 Å². The van der Waals surface area contributed by atoms with Crippen LogP contribution >= 0.6 is 11.8 Å². The first-order valence-corrected chi connectivity index (χ1v) is 6.37. The summed E-state index contributed by atoms with van der Waals surface area (Å²) in [5, 5.41) is 8.63. The molecule has 0 aliphatic rings. The minimum atomic E-state index is -0.931. The lowest BCUT2D eigenvalue weighted by atomic mass is 10.0. The van der Waals surface area contributed by atoms with E-state index in [1.54, 1.807) is 11.8 Å². The summed E-state index contributed by atoms with van der Waals surface area (Å²) in [6, 6.07) is 9.43. The third-order valence-electron chi connectivity index (χ3n) is 2.35. The highest BCUT2D eigenvalue weighted by Gasteiger charge is 2.12.